The number of carbonyl (C=O) groups is 1. The molecular formula is C18H22N2O2. The molecule has 0 heterocycles. The first-order chi connectivity index (χ1) is 10.3. The van der Waals surface area contributed by atoms with Crippen molar-refractivity contribution in [1.82, 2.24) is 0 Å². The average Bonchev–Trinajstić information content (AvgIpc) is 2.48. The molecule has 4 heteroatoms. The molecule has 0 fully saturated rings. The van der Waals surface area contributed by atoms with Gasteiger partial charge in [0.25, 0.3) is 5.91 Å². The fraction of sp³-hybridized carbons (Fsp3) is 0.278. The molecule has 0 aliphatic heterocycles. The number of nitrogens with one attached hydrogen (secondary N) is 1. The number of hydrogen-bond acceptors (Lipinski definition) is 3. The van der Waals surface area contributed by atoms with Gasteiger partial charge in [0.05, 0.1) is 12.8 Å². The minimum absolute atomic E-state index is 0.0647. The van der Waals surface area contributed by atoms with Gasteiger partial charge in [-0.15, -0.1) is 0 Å². The maximum Gasteiger partial charge on any atom is 0.255 e. The van der Waals surface area contributed by atoms with Gasteiger partial charge in [-0.05, 0) is 35.2 Å². The second-order valence-corrected chi connectivity index (χ2v) is 6.24. The largest absolute Gasteiger partial charge is 0.494 e. The van der Waals surface area contributed by atoms with E-state index in [9.17, 15) is 4.79 Å². The average molecular weight is 298 g/mol. The van der Waals surface area contributed by atoms with E-state index in [2.05, 4.69) is 26.1 Å². The summed E-state index contributed by atoms with van der Waals surface area (Å²) in [5, 5.41) is 2.84. The van der Waals surface area contributed by atoms with Crippen LogP contribution < -0.4 is 15.8 Å². The lowest BCUT2D eigenvalue weighted by molar-refractivity contribution is 0.102. The Morgan fingerprint density at radius 1 is 1.09 bits per heavy atom. The molecule has 0 aromatic heterocycles. The normalized spacial score (nSPS) is 11.1. The molecule has 0 saturated heterocycles. The summed E-state index contributed by atoms with van der Waals surface area (Å²) in [5.41, 5.74) is 8.75. The Labute approximate surface area is 131 Å². The van der Waals surface area contributed by atoms with E-state index >= 15 is 0 Å². The molecule has 3 N–H and O–H groups in total. The minimum Gasteiger partial charge on any atom is -0.494 e. The van der Waals surface area contributed by atoms with Crippen molar-refractivity contribution in [2.24, 2.45) is 0 Å². The van der Waals surface area contributed by atoms with Crippen molar-refractivity contribution in [1.29, 1.82) is 0 Å². The number of ether oxygens (including phenoxy) is 1. The monoisotopic (exact) mass is 298 g/mol. The van der Waals surface area contributed by atoms with Crippen LogP contribution in [0.25, 0.3) is 0 Å². The van der Waals surface area contributed by atoms with Crippen LogP contribution in [0.1, 0.15) is 36.7 Å². The van der Waals surface area contributed by atoms with Crippen molar-refractivity contribution < 1.29 is 9.53 Å². The first kappa shape index (κ1) is 15.9. The zero-order chi connectivity index (χ0) is 16.3. The number of hydrogen-bond donors (Lipinski definition) is 2. The standard InChI is InChI=1S/C18H22N2O2/c1-18(2,3)13-7-5-12(6-8-13)17(21)20-15-10-9-14(19)11-16(15)22-4/h5-11H,19H2,1-4H3,(H,20,21). The van der Waals surface area contributed by atoms with Crippen LogP contribution in [0, 0.1) is 0 Å². The molecule has 0 unspecified atom stereocenters. The molecule has 0 atom stereocenters. The third-order valence-electron chi connectivity index (χ3n) is 3.49. The van der Waals surface area contributed by atoms with Gasteiger partial charge < -0.3 is 15.8 Å². The maximum atomic E-state index is 12.3. The SMILES string of the molecule is COc1cc(N)ccc1NC(=O)c1ccc(C(C)(C)C)cc1. The zero-order valence-corrected chi connectivity index (χ0v) is 13.4. The summed E-state index contributed by atoms with van der Waals surface area (Å²) in [6.07, 6.45) is 0. The van der Waals surface area contributed by atoms with E-state index in [1.807, 2.05) is 24.3 Å². The van der Waals surface area contributed by atoms with E-state index in [0.29, 0.717) is 22.7 Å². The van der Waals surface area contributed by atoms with Crippen molar-refractivity contribution in [2.45, 2.75) is 26.2 Å². The Hall–Kier alpha value is -2.49. The molecule has 0 aliphatic carbocycles. The van der Waals surface area contributed by atoms with Gasteiger partial charge in [-0.1, -0.05) is 32.9 Å². The molecule has 22 heavy (non-hydrogen) atoms. The highest BCUT2D eigenvalue weighted by molar-refractivity contribution is 6.05. The van der Waals surface area contributed by atoms with Crippen molar-refractivity contribution >= 4 is 17.3 Å². The smallest absolute Gasteiger partial charge is 0.255 e. The summed E-state index contributed by atoms with van der Waals surface area (Å²) in [7, 11) is 1.54. The van der Waals surface area contributed by atoms with Gasteiger partial charge in [0.15, 0.2) is 0 Å². The van der Waals surface area contributed by atoms with E-state index in [1.54, 1.807) is 25.3 Å². The Morgan fingerprint density at radius 3 is 2.27 bits per heavy atom. The van der Waals surface area contributed by atoms with Crippen LogP contribution in [-0.2, 0) is 5.41 Å². The molecule has 4 nitrogen and oxygen atoms in total. The van der Waals surface area contributed by atoms with Crippen LogP contribution in [0.3, 0.4) is 0 Å². The predicted molar refractivity (Wildman–Crippen MR) is 90.5 cm³/mol. The van der Waals surface area contributed by atoms with Crippen molar-refractivity contribution in [3.8, 4) is 5.75 Å². The van der Waals surface area contributed by atoms with E-state index in [0.717, 1.165) is 0 Å². The van der Waals surface area contributed by atoms with Crippen LogP contribution in [0.5, 0.6) is 5.75 Å². The van der Waals surface area contributed by atoms with Crippen LogP contribution >= 0.6 is 0 Å². The fourth-order valence-electron chi connectivity index (χ4n) is 2.13. The lowest BCUT2D eigenvalue weighted by atomic mass is 9.87. The van der Waals surface area contributed by atoms with Gasteiger partial charge >= 0.3 is 0 Å². The van der Waals surface area contributed by atoms with Crippen LogP contribution in [0.2, 0.25) is 0 Å². The lowest BCUT2D eigenvalue weighted by Crippen LogP contribution is -2.14. The molecule has 2 aromatic carbocycles. The first-order valence-corrected chi connectivity index (χ1v) is 7.16. The summed E-state index contributed by atoms with van der Waals surface area (Å²) in [5.74, 6) is 0.364. The topological polar surface area (TPSA) is 64.3 Å². The van der Waals surface area contributed by atoms with E-state index < -0.39 is 0 Å². The van der Waals surface area contributed by atoms with Crippen LogP contribution in [0.4, 0.5) is 11.4 Å². The number of methoxy groups -OCH3 is 1. The highest BCUT2D eigenvalue weighted by atomic mass is 16.5. The van der Waals surface area contributed by atoms with Gasteiger partial charge in [0.2, 0.25) is 0 Å². The number of rotatable bonds is 3. The van der Waals surface area contributed by atoms with Gasteiger partial charge in [-0.3, -0.25) is 4.79 Å². The first-order valence-electron chi connectivity index (χ1n) is 7.16. The number of benzene rings is 2. The Morgan fingerprint density at radius 2 is 1.73 bits per heavy atom. The summed E-state index contributed by atoms with van der Waals surface area (Å²) >= 11 is 0. The van der Waals surface area contributed by atoms with Crippen molar-refractivity contribution in [2.75, 3.05) is 18.2 Å². The molecule has 1 amide bonds. The number of nitrogen functional groups attached to an aromatic ring is 1. The highest BCUT2D eigenvalue weighted by Gasteiger charge is 2.15. The van der Waals surface area contributed by atoms with Gasteiger partial charge in [-0.2, -0.15) is 0 Å². The molecule has 0 spiro atoms. The fourth-order valence-corrected chi connectivity index (χ4v) is 2.13. The Bertz CT molecular complexity index is 670. The molecule has 0 saturated carbocycles. The summed E-state index contributed by atoms with van der Waals surface area (Å²) in [4.78, 5) is 12.3. The second kappa shape index (κ2) is 6.10. The van der Waals surface area contributed by atoms with Gasteiger partial charge in [0.1, 0.15) is 5.75 Å². The third kappa shape index (κ3) is 3.58. The number of nitrogens with two attached hydrogens (primary N) is 1. The Kier molecular flexibility index (Phi) is 4.40. The molecule has 116 valence electrons. The van der Waals surface area contributed by atoms with E-state index in [1.165, 1.54) is 5.56 Å². The third-order valence-corrected chi connectivity index (χ3v) is 3.49. The van der Waals surface area contributed by atoms with Crippen molar-refractivity contribution in [3.05, 3.63) is 53.6 Å². The molecule has 0 aliphatic rings. The Balaban J connectivity index is 2.19. The van der Waals surface area contributed by atoms with Gasteiger partial charge in [-0.25, -0.2) is 0 Å². The van der Waals surface area contributed by atoms with E-state index in [-0.39, 0.29) is 11.3 Å². The summed E-state index contributed by atoms with van der Waals surface area (Å²) in [6, 6.07) is 12.8. The highest BCUT2D eigenvalue weighted by Crippen LogP contribution is 2.27. The number of amides is 1. The maximum absolute atomic E-state index is 12.3. The van der Waals surface area contributed by atoms with E-state index in [4.69, 9.17) is 10.5 Å². The minimum atomic E-state index is -0.177. The quantitative estimate of drug-likeness (QED) is 0.846. The van der Waals surface area contributed by atoms with Crippen LogP contribution in [-0.4, -0.2) is 13.0 Å². The second-order valence-electron chi connectivity index (χ2n) is 6.24. The van der Waals surface area contributed by atoms with Crippen molar-refractivity contribution in [3.63, 3.8) is 0 Å². The van der Waals surface area contributed by atoms with Gasteiger partial charge in [0, 0.05) is 17.3 Å². The zero-order valence-electron chi connectivity index (χ0n) is 13.4. The summed E-state index contributed by atoms with van der Waals surface area (Å²) in [6.45, 7) is 6.42. The molecular weight excluding hydrogens is 276 g/mol. The molecule has 2 aromatic rings. The molecule has 0 bridgehead atoms. The number of anilines is 2. The predicted octanol–water partition coefficient (Wildman–Crippen LogP) is 3.83. The molecule has 0 radical (unpaired) electrons. The van der Waals surface area contributed by atoms with Crippen LogP contribution in [0.15, 0.2) is 42.5 Å². The lowest BCUT2D eigenvalue weighted by Gasteiger charge is -2.19. The number of carbonyl (C=O) groups excluding carboxylic acids is 1. The molecule has 2 rings (SSSR count). The summed E-state index contributed by atoms with van der Waals surface area (Å²) < 4.78 is 5.23.